The molecule has 4 atom stereocenters. The van der Waals surface area contributed by atoms with E-state index in [-0.39, 0.29) is 42.4 Å². The minimum Gasteiger partial charge on any atom is -0.497 e. The van der Waals surface area contributed by atoms with Crippen LogP contribution in [-0.2, 0) is 34.3 Å². The predicted molar refractivity (Wildman–Crippen MR) is 160 cm³/mol. The van der Waals surface area contributed by atoms with Gasteiger partial charge < -0.3 is 20.3 Å². The van der Waals surface area contributed by atoms with Crippen LogP contribution in [0.25, 0.3) is 11.0 Å². The van der Waals surface area contributed by atoms with E-state index in [9.17, 15) is 14.4 Å². The Hall–Kier alpha value is -3.79. The molecule has 2 fully saturated rings. The van der Waals surface area contributed by atoms with Gasteiger partial charge in [-0.25, -0.2) is 4.68 Å². The van der Waals surface area contributed by atoms with Crippen molar-refractivity contribution in [3.8, 4) is 5.75 Å². The summed E-state index contributed by atoms with van der Waals surface area (Å²) in [7, 11) is 3.49. The first kappa shape index (κ1) is 29.7. The van der Waals surface area contributed by atoms with E-state index in [0.29, 0.717) is 25.8 Å². The number of benzene rings is 2. The van der Waals surface area contributed by atoms with Gasteiger partial charge in [-0.05, 0) is 86.8 Å². The summed E-state index contributed by atoms with van der Waals surface area (Å²) < 4.78 is 7.00. The first-order chi connectivity index (χ1) is 20.2. The van der Waals surface area contributed by atoms with E-state index < -0.39 is 12.1 Å². The summed E-state index contributed by atoms with van der Waals surface area (Å²) in [6, 6.07) is 12.7. The smallest absolute Gasteiger partial charge is 0.240 e. The van der Waals surface area contributed by atoms with Gasteiger partial charge in [0.2, 0.25) is 11.8 Å². The number of ether oxygens (including phenoxy) is 1. The Labute approximate surface area is 247 Å². The zero-order valence-electron chi connectivity index (χ0n) is 24.9. The Morgan fingerprint density at radius 3 is 2.55 bits per heavy atom. The van der Waals surface area contributed by atoms with E-state index in [2.05, 4.69) is 17.2 Å². The zero-order chi connectivity index (χ0) is 29.8. The number of aromatic nitrogens is 3. The van der Waals surface area contributed by atoms with Crippen LogP contribution in [0.15, 0.2) is 42.5 Å². The fraction of sp³-hybridized carbons (Fsp3) is 0.531. The molecule has 5 rings (SSSR count). The maximum absolute atomic E-state index is 13.7. The lowest BCUT2D eigenvalue weighted by Gasteiger charge is -2.27. The first-order valence-corrected chi connectivity index (χ1v) is 15.0. The van der Waals surface area contributed by atoms with E-state index >= 15 is 0 Å². The Balaban J connectivity index is 1.25. The summed E-state index contributed by atoms with van der Waals surface area (Å²) in [4.78, 5) is 43.6. The maximum atomic E-state index is 13.7. The molecule has 2 N–H and O–H groups in total. The van der Waals surface area contributed by atoms with E-state index in [1.165, 1.54) is 0 Å². The van der Waals surface area contributed by atoms with Crippen LogP contribution in [0.3, 0.4) is 0 Å². The highest BCUT2D eigenvalue weighted by molar-refractivity contribution is 5.92. The van der Waals surface area contributed by atoms with Crippen LogP contribution in [0.4, 0.5) is 0 Å². The second kappa shape index (κ2) is 13.0. The fourth-order valence-corrected chi connectivity index (χ4v) is 6.45. The highest BCUT2D eigenvalue weighted by Gasteiger charge is 2.40. The summed E-state index contributed by atoms with van der Waals surface area (Å²) in [5, 5.41) is 8.24. The molecular weight excluding hydrogens is 532 g/mol. The number of carbonyl (C=O) groups is 3. The van der Waals surface area contributed by atoms with Gasteiger partial charge in [0.25, 0.3) is 0 Å². The number of amides is 2. The van der Waals surface area contributed by atoms with E-state index in [0.717, 1.165) is 53.7 Å². The summed E-state index contributed by atoms with van der Waals surface area (Å²) in [6.07, 6.45) is 4.76. The molecule has 0 aliphatic carbocycles. The molecule has 0 spiro atoms. The second-order valence-electron chi connectivity index (χ2n) is 11.9. The molecule has 2 amide bonds. The number of nitrogens with two attached hydrogens (primary N) is 1. The molecule has 3 heterocycles. The van der Waals surface area contributed by atoms with Crippen molar-refractivity contribution in [2.45, 2.75) is 76.4 Å². The third-order valence-corrected chi connectivity index (χ3v) is 8.92. The van der Waals surface area contributed by atoms with Crippen LogP contribution in [0.5, 0.6) is 5.75 Å². The predicted octanol–water partition coefficient (Wildman–Crippen LogP) is 3.06. The van der Waals surface area contributed by atoms with Gasteiger partial charge in [-0.2, -0.15) is 0 Å². The molecule has 42 heavy (non-hydrogen) atoms. The number of carbonyl (C=O) groups excluding carboxylic acids is 3. The first-order valence-electron chi connectivity index (χ1n) is 15.0. The molecule has 10 nitrogen and oxygen atoms in total. The van der Waals surface area contributed by atoms with Crippen molar-refractivity contribution in [3.05, 3.63) is 53.6 Å². The van der Waals surface area contributed by atoms with Gasteiger partial charge in [0.1, 0.15) is 11.3 Å². The topological polar surface area (TPSA) is 124 Å². The molecule has 3 aromatic rings. The number of Topliss-reactive ketones (excluding diaryl/α,β-unsaturated/α-hetero) is 1. The minimum absolute atomic E-state index is 0.0361. The van der Waals surface area contributed by atoms with Gasteiger partial charge >= 0.3 is 0 Å². The van der Waals surface area contributed by atoms with E-state index in [4.69, 9.17) is 10.5 Å². The molecule has 2 saturated heterocycles. The third-order valence-electron chi connectivity index (χ3n) is 8.92. The molecular formula is C32H42N6O4. The van der Waals surface area contributed by atoms with Gasteiger partial charge in [0.05, 0.1) is 24.7 Å². The summed E-state index contributed by atoms with van der Waals surface area (Å²) in [6.45, 7) is 3.30. The number of hydrogen-bond donors (Lipinski definition) is 1. The van der Waals surface area contributed by atoms with Crippen LogP contribution in [0, 0.1) is 5.92 Å². The fourth-order valence-electron chi connectivity index (χ4n) is 6.45. The third kappa shape index (κ3) is 6.64. The van der Waals surface area contributed by atoms with E-state index in [1.807, 2.05) is 54.4 Å². The molecule has 1 aromatic heterocycles. The lowest BCUT2D eigenvalue weighted by atomic mass is 9.94. The molecule has 10 heteroatoms. The Bertz CT molecular complexity index is 1420. The van der Waals surface area contributed by atoms with Crippen molar-refractivity contribution in [1.82, 2.24) is 24.8 Å². The average Bonchev–Trinajstić information content (AvgIpc) is 3.72. The molecule has 2 aliphatic rings. The molecule has 0 radical (unpaired) electrons. The highest BCUT2D eigenvalue weighted by atomic mass is 16.5. The maximum Gasteiger partial charge on any atom is 0.240 e. The van der Waals surface area contributed by atoms with Crippen molar-refractivity contribution in [3.63, 3.8) is 0 Å². The van der Waals surface area contributed by atoms with Crippen LogP contribution >= 0.6 is 0 Å². The Morgan fingerprint density at radius 1 is 1.07 bits per heavy atom. The minimum atomic E-state index is -0.819. The lowest BCUT2D eigenvalue weighted by Crippen LogP contribution is -2.49. The second-order valence-corrected chi connectivity index (χ2v) is 11.9. The number of methoxy groups -OCH3 is 1. The molecule has 1 unspecified atom stereocenters. The summed E-state index contributed by atoms with van der Waals surface area (Å²) in [5.74, 6) is 0.766. The average molecular weight is 575 g/mol. The summed E-state index contributed by atoms with van der Waals surface area (Å²) >= 11 is 0. The molecule has 0 bridgehead atoms. The largest absolute Gasteiger partial charge is 0.497 e. The van der Waals surface area contributed by atoms with Gasteiger partial charge in [-0.15, -0.1) is 5.10 Å². The molecule has 2 aliphatic heterocycles. The van der Waals surface area contributed by atoms with E-state index in [1.54, 1.807) is 16.7 Å². The number of ketones is 1. The van der Waals surface area contributed by atoms with Crippen molar-refractivity contribution < 1.29 is 19.1 Å². The van der Waals surface area contributed by atoms with Crippen molar-refractivity contribution in [2.75, 3.05) is 20.2 Å². The summed E-state index contributed by atoms with van der Waals surface area (Å²) in [5.41, 5.74) is 10.3. The number of likely N-dealkylation sites (tertiary alicyclic amines) is 2. The standard InChI is InChI=1S/C32H42N6O4/c1-21-5-4-16-37(21)31(40)15-12-26(33)32(41)38-20-24(17-22-6-10-25(42-3)11-7-22)19-29(38)30(39)14-9-23-8-13-28-27(18-23)34-35-36(28)2/h6-8,10-11,13,18,21,24,26,29H,4-5,9,12,14-17,19-20,33H2,1-3H3/t21?,24-,26-,29+/m1/s1. The van der Waals surface area contributed by atoms with Gasteiger partial charge in [-0.3, -0.25) is 14.4 Å². The molecule has 0 saturated carbocycles. The molecule has 224 valence electrons. The van der Waals surface area contributed by atoms with Crippen molar-refractivity contribution in [1.29, 1.82) is 0 Å². The van der Waals surface area contributed by atoms with Crippen LogP contribution in [-0.4, -0.2) is 80.7 Å². The van der Waals surface area contributed by atoms with Crippen LogP contribution in [0.2, 0.25) is 0 Å². The zero-order valence-corrected chi connectivity index (χ0v) is 24.9. The van der Waals surface area contributed by atoms with Crippen molar-refractivity contribution in [2.24, 2.45) is 18.7 Å². The number of fused-ring (bicyclic) bond motifs is 1. The number of rotatable bonds is 11. The number of nitrogens with zero attached hydrogens (tertiary/aromatic N) is 5. The normalized spacial score (nSPS) is 21.2. The Kier molecular flexibility index (Phi) is 9.21. The number of aryl methyl sites for hydroxylation is 2. The van der Waals surface area contributed by atoms with Crippen LogP contribution < -0.4 is 10.5 Å². The van der Waals surface area contributed by atoms with Gasteiger partial charge in [-0.1, -0.05) is 23.4 Å². The highest BCUT2D eigenvalue weighted by Crippen LogP contribution is 2.30. The van der Waals surface area contributed by atoms with Gasteiger partial charge in [0.15, 0.2) is 5.78 Å². The number of hydrogen-bond acceptors (Lipinski definition) is 7. The van der Waals surface area contributed by atoms with Crippen molar-refractivity contribution >= 4 is 28.6 Å². The quantitative estimate of drug-likeness (QED) is 0.373. The van der Waals surface area contributed by atoms with Gasteiger partial charge in [0, 0.05) is 39.0 Å². The lowest BCUT2D eigenvalue weighted by molar-refractivity contribution is -0.139. The Morgan fingerprint density at radius 2 is 1.83 bits per heavy atom. The monoisotopic (exact) mass is 574 g/mol. The SMILES string of the molecule is COc1ccc(C[C@@H]2C[C@@H](C(=O)CCc3ccc4c(c3)nnn4C)N(C(=O)[C@H](N)CCC(=O)N3CCCC3C)C2)cc1. The van der Waals surface area contributed by atoms with Crippen LogP contribution in [0.1, 0.15) is 56.6 Å². The molecule has 2 aromatic carbocycles.